The van der Waals surface area contributed by atoms with E-state index in [-0.39, 0.29) is 0 Å². The summed E-state index contributed by atoms with van der Waals surface area (Å²) in [5, 5.41) is 7.43. The number of fused-ring (bicyclic) bond motifs is 5. The Hall–Kier alpha value is -10.2. The summed E-state index contributed by atoms with van der Waals surface area (Å²) in [6.45, 7) is 9.10. The number of para-hydroxylation sites is 4. The zero-order chi connectivity index (χ0) is 54.6. The highest BCUT2D eigenvalue weighted by molar-refractivity contribution is 6.21. The van der Waals surface area contributed by atoms with Crippen molar-refractivity contribution in [2.45, 2.75) is 27.7 Å². The molecule has 1 aromatic heterocycles. The van der Waals surface area contributed by atoms with Crippen LogP contribution in [0.15, 0.2) is 285 Å². The van der Waals surface area contributed by atoms with Gasteiger partial charge in [-0.3, -0.25) is 0 Å². The third-order valence-corrected chi connectivity index (χ3v) is 16.9. The van der Waals surface area contributed by atoms with Crippen molar-refractivity contribution in [3.63, 3.8) is 0 Å². The number of hydrogen-bond acceptors (Lipinski definition) is 2. The van der Waals surface area contributed by atoms with Gasteiger partial charge in [-0.15, -0.1) is 0 Å². The summed E-state index contributed by atoms with van der Waals surface area (Å²) < 4.78 is 2.47. The van der Waals surface area contributed by atoms with Crippen molar-refractivity contribution in [2.75, 3.05) is 9.80 Å². The van der Waals surface area contributed by atoms with Crippen molar-refractivity contribution < 1.29 is 0 Å². The molecule has 0 atom stereocenters. The Morgan fingerprint density at radius 1 is 0.247 bits per heavy atom. The largest absolute Gasteiger partial charge is 0.310 e. The minimum atomic E-state index is 1.12. The molecule has 386 valence electrons. The van der Waals surface area contributed by atoms with Gasteiger partial charge in [0.1, 0.15) is 0 Å². The molecule has 0 aliphatic carbocycles. The molecule has 1 heterocycles. The molecular formula is C78H59N3. The van der Waals surface area contributed by atoms with Crippen molar-refractivity contribution in [1.82, 2.24) is 4.57 Å². The van der Waals surface area contributed by atoms with Crippen LogP contribution in [0.4, 0.5) is 34.1 Å². The van der Waals surface area contributed by atoms with Gasteiger partial charge in [-0.25, -0.2) is 0 Å². The third-order valence-electron chi connectivity index (χ3n) is 16.9. The van der Waals surface area contributed by atoms with Gasteiger partial charge in [-0.05, 0) is 213 Å². The van der Waals surface area contributed by atoms with Crippen LogP contribution in [-0.4, -0.2) is 4.57 Å². The Bertz CT molecular complexity index is 4310. The lowest BCUT2D eigenvalue weighted by Gasteiger charge is -2.28. The zero-order valence-corrected chi connectivity index (χ0v) is 46.0. The summed E-state index contributed by atoms with van der Waals surface area (Å²) in [6, 6.07) is 104. The molecule has 81 heavy (non-hydrogen) atoms. The summed E-state index contributed by atoms with van der Waals surface area (Å²) in [5.74, 6) is 0. The molecule has 3 nitrogen and oxygen atoms in total. The van der Waals surface area contributed by atoms with E-state index in [2.05, 4.69) is 327 Å². The topological polar surface area (TPSA) is 11.4 Å². The number of nitrogens with zero attached hydrogens (tertiary/aromatic N) is 3. The SMILES string of the molecule is Cc1c(-c2ccc3c(c2)c2cc(-c4ccc(N(c5ccccc5)c5ccccc5)c(C)c4C)ccc2n3-c2ccc(-c3c4ccccc4c(-c4ccccc4)c4ccccc34)cc2)ccc(N(c2ccccc2)c2ccccc2)c1C. The van der Waals surface area contributed by atoms with Crippen molar-refractivity contribution in [2.24, 2.45) is 0 Å². The van der Waals surface area contributed by atoms with Crippen LogP contribution in [0.1, 0.15) is 22.3 Å². The summed E-state index contributed by atoms with van der Waals surface area (Å²) in [5.41, 5.74) is 25.1. The smallest absolute Gasteiger partial charge is 0.0541 e. The molecule has 0 N–H and O–H groups in total. The van der Waals surface area contributed by atoms with E-state index in [0.717, 1.165) is 39.5 Å². The first-order valence-corrected chi connectivity index (χ1v) is 28.1. The number of aromatic nitrogens is 1. The van der Waals surface area contributed by atoms with Crippen molar-refractivity contribution >= 4 is 77.5 Å². The fourth-order valence-electron chi connectivity index (χ4n) is 12.7. The molecule has 0 bridgehead atoms. The normalized spacial score (nSPS) is 11.5. The first-order chi connectivity index (χ1) is 39.9. The highest BCUT2D eigenvalue weighted by Crippen LogP contribution is 2.47. The van der Waals surface area contributed by atoms with Gasteiger partial charge in [0.2, 0.25) is 0 Å². The number of hydrogen-bond donors (Lipinski definition) is 0. The Morgan fingerprint density at radius 2 is 0.556 bits per heavy atom. The van der Waals surface area contributed by atoms with Crippen molar-refractivity contribution in [3.05, 3.63) is 307 Å². The van der Waals surface area contributed by atoms with E-state index in [4.69, 9.17) is 0 Å². The molecule has 0 saturated heterocycles. The maximum atomic E-state index is 2.47. The summed E-state index contributed by atoms with van der Waals surface area (Å²) >= 11 is 0. The standard InChI is InChI=1S/C78H59N3/c1-52-54(3)73(79(60-26-12-6-13-27-60)61-28-14-7-15-29-61)48-44-65(52)58-40-46-75-71(50-58)72-51-59(66-45-49-74(55(4)53(66)2)80(62-30-16-8-17-31-62)63-32-18-9-19-33-63)41-47-76(72)81(75)64-42-38-57(39-43-64)78-69-36-22-20-34-67(69)77(56-24-10-5-11-25-56)68-35-21-23-37-70(68)78/h5-51H,1-4H3. The van der Waals surface area contributed by atoms with E-state index in [9.17, 15) is 0 Å². The summed E-state index contributed by atoms with van der Waals surface area (Å²) in [4.78, 5) is 4.75. The van der Waals surface area contributed by atoms with Gasteiger partial charge in [0.05, 0.1) is 11.0 Å². The van der Waals surface area contributed by atoms with E-state index in [0.29, 0.717) is 0 Å². The minimum absolute atomic E-state index is 1.12. The first kappa shape index (κ1) is 49.1. The van der Waals surface area contributed by atoms with E-state index in [1.165, 1.54) is 110 Å². The van der Waals surface area contributed by atoms with Crippen LogP contribution in [0.5, 0.6) is 0 Å². The van der Waals surface area contributed by atoms with Crippen LogP contribution in [0.2, 0.25) is 0 Å². The Balaban J connectivity index is 0.927. The van der Waals surface area contributed by atoms with Gasteiger partial charge in [0.15, 0.2) is 0 Å². The lowest BCUT2D eigenvalue weighted by Crippen LogP contribution is -2.12. The molecule has 0 unspecified atom stereocenters. The van der Waals surface area contributed by atoms with Crippen LogP contribution in [0.3, 0.4) is 0 Å². The summed E-state index contributed by atoms with van der Waals surface area (Å²) in [6.07, 6.45) is 0. The molecule has 0 amide bonds. The van der Waals surface area contributed by atoms with Crippen LogP contribution in [0.25, 0.3) is 93.5 Å². The zero-order valence-electron chi connectivity index (χ0n) is 46.0. The van der Waals surface area contributed by atoms with Crippen LogP contribution >= 0.6 is 0 Å². The second-order valence-electron chi connectivity index (χ2n) is 21.3. The molecule has 0 fully saturated rings. The van der Waals surface area contributed by atoms with Gasteiger partial charge in [0.25, 0.3) is 0 Å². The first-order valence-electron chi connectivity index (χ1n) is 28.1. The van der Waals surface area contributed by atoms with Crippen LogP contribution in [0, 0.1) is 27.7 Å². The lowest BCUT2D eigenvalue weighted by molar-refractivity contribution is 1.18. The molecule has 0 spiro atoms. The minimum Gasteiger partial charge on any atom is -0.310 e. The average molecular weight is 1040 g/mol. The fourth-order valence-corrected chi connectivity index (χ4v) is 12.7. The second-order valence-corrected chi connectivity index (χ2v) is 21.3. The fraction of sp³-hybridized carbons (Fsp3) is 0.0513. The maximum Gasteiger partial charge on any atom is 0.0541 e. The van der Waals surface area contributed by atoms with Crippen LogP contribution < -0.4 is 9.80 Å². The van der Waals surface area contributed by atoms with Crippen molar-refractivity contribution in [3.8, 4) is 50.2 Å². The number of anilines is 6. The predicted octanol–water partition coefficient (Wildman–Crippen LogP) is 21.9. The molecule has 0 radical (unpaired) electrons. The monoisotopic (exact) mass is 1040 g/mol. The molecule has 13 aromatic carbocycles. The summed E-state index contributed by atoms with van der Waals surface area (Å²) in [7, 11) is 0. The Labute approximate surface area is 474 Å². The Kier molecular flexibility index (Phi) is 12.4. The van der Waals surface area contributed by atoms with Crippen LogP contribution in [-0.2, 0) is 0 Å². The maximum absolute atomic E-state index is 2.47. The second kappa shape index (κ2) is 20.5. The Morgan fingerprint density at radius 3 is 0.914 bits per heavy atom. The van der Waals surface area contributed by atoms with E-state index in [1.54, 1.807) is 0 Å². The number of rotatable bonds is 11. The van der Waals surface area contributed by atoms with E-state index >= 15 is 0 Å². The third kappa shape index (κ3) is 8.54. The van der Waals surface area contributed by atoms with Gasteiger partial charge in [0, 0.05) is 50.6 Å². The van der Waals surface area contributed by atoms with Gasteiger partial charge < -0.3 is 14.4 Å². The molecule has 0 aliphatic rings. The molecule has 3 heteroatoms. The molecular weight excluding hydrogens is 979 g/mol. The van der Waals surface area contributed by atoms with E-state index < -0.39 is 0 Å². The highest BCUT2D eigenvalue weighted by atomic mass is 15.1. The predicted molar refractivity (Wildman–Crippen MR) is 346 cm³/mol. The molecule has 0 saturated carbocycles. The molecule has 14 aromatic rings. The van der Waals surface area contributed by atoms with Crippen molar-refractivity contribution in [1.29, 1.82) is 0 Å². The molecule has 0 aliphatic heterocycles. The van der Waals surface area contributed by atoms with E-state index in [1.807, 2.05) is 0 Å². The highest BCUT2D eigenvalue weighted by Gasteiger charge is 2.23. The van der Waals surface area contributed by atoms with Gasteiger partial charge >= 0.3 is 0 Å². The average Bonchev–Trinajstić information content (AvgIpc) is 3.94. The van der Waals surface area contributed by atoms with Gasteiger partial charge in [-0.1, -0.05) is 188 Å². The number of benzene rings is 13. The molecule has 14 rings (SSSR count). The quantitative estimate of drug-likeness (QED) is 0.120. The lowest BCUT2D eigenvalue weighted by atomic mass is 9.86. The van der Waals surface area contributed by atoms with Gasteiger partial charge in [-0.2, -0.15) is 0 Å².